The van der Waals surface area contributed by atoms with E-state index in [0.29, 0.717) is 33.2 Å². The highest BCUT2D eigenvalue weighted by Crippen LogP contribution is 2.35. The Morgan fingerprint density at radius 1 is 1.14 bits per heavy atom. The van der Waals surface area contributed by atoms with Crippen LogP contribution in [0, 0.1) is 13.7 Å². The summed E-state index contributed by atoms with van der Waals surface area (Å²) in [5, 5.41) is 11.0. The molecule has 0 aliphatic heterocycles. The lowest BCUT2D eigenvalue weighted by Crippen LogP contribution is -2.22. The number of fused-ring (bicyclic) bond motifs is 3. The smallest absolute Gasteiger partial charge is 0.274 e. The van der Waals surface area contributed by atoms with E-state index in [0.717, 1.165) is 20.2 Å². The minimum absolute atomic E-state index is 0.0132. The molecule has 2 heterocycles. The number of hydrogen-bond donors (Lipinski definition) is 0. The van der Waals surface area contributed by atoms with Crippen LogP contribution in [0.2, 0.25) is 0 Å². The standard InChI is InChI=1S/C25H18IN3O5S/c1-2-33-21-12-16(11-18(26)23(21)34-14-15-6-5-7-17(10-15)29(31)32)13-22-24(30)28-20-9-4-3-8-19(20)27-25(28)35-22/h3-13H,2,14H2,1H3/b22-13-. The van der Waals surface area contributed by atoms with E-state index in [1.165, 1.54) is 23.5 Å². The molecule has 35 heavy (non-hydrogen) atoms. The Morgan fingerprint density at radius 3 is 2.77 bits per heavy atom. The highest BCUT2D eigenvalue weighted by molar-refractivity contribution is 14.1. The molecule has 0 spiro atoms. The maximum absolute atomic E-state index is 13.1. The number of non-ortho nitro benzene ring substituents is 1. The van der Waals surface area contributed by atoms with Gasteiger partial charge in [0.2, 0.25) is 0 Å². The predicted octanol–water partition coefficient (Wildman–Crippen LogP) is 4.95. The molecule has 176 valence electrons. The molecule has 0 aliphatic rings. The molecule has 10 heteroatoms. The fourth-order valence-electron chi connectivity index (χ4n) is 3.75. The average molecular weight is 599 g/mol. The van der Waals surface area contributed by atoms with Gasteiger partial charge in [0, 0.05) is 12.1 Å². The zero-order valence-corrected chi connectivity index (χ0v) is 21.4. The number of ether oxygens (including phenoxy) is 2. The molecule has 0 atom stereocenters. The van der Waals surface area contributed by atoms with Crippen LogP contribution >= 0.6 is 33.9 Å². The van der Waals surface area contributed by atoms with Gasteiger partial charge in [-0.2, -0.15) is 0 Å². The molecule has 8 nitrogen and oxygen atoms in total. The number of nitrogens with zero attached hydrogens (tertiary/aromatic N) is 3. The van der Waals surface area contributed by atoms with Gasteiger partial charge < -0.3 is 9.47 Å². The van der Waals surface area contributed by atoms with Crippen molar-refractivity contribution in [1.29, 1.82) is 0 Å². The van der Waals surface area contributed by atoms with Crippen molar-refractivity contribution in [3.63, 3.8) is 0 Å². The summed E-state index contributed by atoms with van der Waals surface area (Å²) >= 11 is 3.50. The molecule has 0 N–H and O–H groups in total. The van der Waals surface area contributed by atoms with Crippen molar-refractivity contribution in [1.82, 2.24) is 9.38 Å². The lowest BCUT2D eigenvalue weighted by molar-refractivity contribution is -0.384. The van der Waals surface area contributed by atoms with Gasteiger partial charge in [-0.25, -0.2) is 9.38 Å². The number of para-hydroxylation sites is 2. The summed E-state index contributed by atoms with van der Waals surface area (Å²) in [5.74, 6) is 1.08. The predicted molar refractivity (Wildman–Crippen MR) is 143 cm³/mol. The zero-order valence-electron chi connectivity index (χ0n) is 18.4. The molecule has 0 radical (unpaired) electrons. The van der Waals surface area contributed by atoms with Crippen LogP contribution in [0.1, 0.15) is 18.1 Å². The Bertz CT molecular complexity index is 1700. The highest BCUT2D eigenvalue weighted by atomic mass is 127. The van der Waals surface area contributed by atoms with E-state index in [2.05, 4.69) is 27.6 Å². The first-order valence-corrected chi connectivity index (χ1v) is 12.6. The second-order valence-corrected chi connectivity index (χ2v) is 9.78. The molecule has 0 fully saturated rings. The van der Waals surface area contributed by atoms with Gasteiger partial charge in [0.05, 0.1) is 30.7 Å². The van der Waals surface area contributed by atoms with Gasteiger partial charge in [-0.1, -0.05) is 35.6 Å². The second kappa shape index (κ2) is 9.62. The minimum Gasteiger partial charge on any atom is -0.490 e. The first-order chi connectivity index (χ1) is 16.9. The number of aromatic nitrogens is 2. The maximum atomic E-state index is 13.1. The van der Waals surface area contributed by atoms with Crippen molar-refractivity contribution in [3.05, 3.63) is 100 Å². The van der Waals surface area contributed by atoms with Crippen molar-refractivity contribution >= 4 is 61.7 Å². The zero-order chi connectivity index (χ0) is 24.5. The summed E-state index contributed by atoms with van der Waals surface area (Å²) in [4.78, 5) is 28.9. The topological polar surface area (TPSA) is 96.0 Å². The summed E-state index contributed by atoms with van der Waals surface area (Å²) in [6, 6.07) is 17.6. The van der Waals surface area contributed by atoms with Crippen molar-refractivity contribution in [2.45, 2.75) is 13.5 Å². The molecule has 0 aliphatic carbocycles. The van der Waals surface area contributed by atoms with E-state index in [9.17, 15) is 14.9 Å². The number of imidazole rings is 1. The molecule has 0 saturated heterocycles. The van der Waals surface area contributed by atoms with Crippen molar-refractivity contribution in [3.8, 4) is 11.5 Å². The van der Waals surface area contributed by atoms with Crippen LogP contribution in [0.3, 0.4) is 0 Å². The first-order valence-electron chi connectivity index (χ1n) is 10.7. The number of halogens is 1. The van der Waals surface area contributed by atoms with Gasteiger partial charge in [0.15, 0.2) is 16.5 Å². The van der Waals surface area contributed by atoms with Crippen molar-refractivity contribution < 1.29 is 14.4 Å². The van der Waals surface area contributed by atoms with E-state index in [1.807, 2.05) is 49.4 Å². The Kier molecular flexibility index (Phi) is 6.39. The third-order valence-electron chi connectivity index (χ3n) is 5.28. The van der Waals surface area contributed by atoms with E-state index in [-0.39, 0.29) is 17.9 Å². The summed E-state index contributed by atoms with van der Waals surface area (Å²) in [6.07, 6.45) is 1.82. The average Bonchev–Trinajstić information content (AvgIpc) is 3.35. The summed E-state index contributed by atoms with van der Waals surface area (Å²) in [5.41, 5.74) is 2.96. The maximum Gasteiger partial charge on any atom is 0.274 e. The van der Waals surface area contributed by atoms with E-state index >= 15 is 0 Å². The summed E-state index contributed by atoms with van der Waals surface area (Å²) < 4.78 is 14.8. The van der Waals surface area contributed by atoms with Gasteiger partial charge in [-0.15, -0.1) is 0 Å². The van der Waals surface area contributed by atoms with Gasteiger partial charge in [0.25, 0.3) is 11.2 Å². The van der Waals surface area contributed by atoms with E-state index < -0.39 is 4.92 Å². The lowest BCUT2D eigenvalue weighted by Gasteiger charge is -2.15. The number of nitro groups is 1. The summed E-state index contributed by atoms with van der Waals surface area (Å²) in [7, 11) is 0. The molecule has 3 aromatic carbocycles. The highest BCUT2D eigenvalue weighted by Gasteiger charge is 2.15. The van der Waals surface area contributed by atoms with Gasteiger partial charge in [0.1, 0.15) is 6.61 Å². The SMILES string of the molecule is CCOc1cc(/C=c2\sc3nc4ccccc4n3c2=O)cc(I)c1OCc1cccc([N+](=O)[O-])c1. The number of benzene rings is 3. The normalized spacial score (nSPS) is 11.9. The molecule has 0 amide bonds. The summed E-state index contributed by atoms with van der Waals surface area (Å²) in [6.45, 7) is 2.46. The second-order valence-electron chi connectivity index (χ2n) is 7.61. The molecule has 0 bridgehead atoms. The Hall–Kier alpha value is -3.51. The van der Waals surface area contributed by atoms with Crippen LogP contribution in [-0.2, 0) is 6.61 Å². The Morgan fingerprint density at radius 2 is 1.97 bits per heavy atom. The molecule has 5 aromatic rings. The molecule has 0 unspecified atom stereocenters. The molecule has 0 saturated carbocycles. The third kappa shape index (κ3) is 4.58. The van der Waals surface area contributed by atoms with E-state index in [1.54, 1.807) is 16.5 Å². The van der Waals surface area contributed by atoms with Crippen LogP contribution in [-0.4, -0.2) is 20.9 Å². The van der Waals surface area contributed by atoms with Gasteiger partial charge >= 0.3 is 0 Å². The molecular weight excluding hydrogens is 581 g/mol. The van der Waals surface area contributed by atoms with Gasteiger partial charge in [-0.3, -0.25) is 14.9 Å². The van der Waals surface area contributed by atoms with Crippen LogP contribution in [0.4, 0.5) is 5.69 Å². The Balaban J connectivity index is 1.50. The molecular formula is C25H18IN3O5S. The van der Waals surface area contributed by atoms with Crippen molar-refractivity contribution in [2.75, 3.05) is 6.61 Å². The number of nitro benzene ring substituents is 1. The third-order valence-corrected chi connectivity index (χ3v) is 7.05. The van der Waals surface area contributed by atoms with Crippen LogP contribution in [0.15, 0.2) is 65.5 Å². The minimum atomic E-state index is -0.432. The van der Waals surface area contributed by atoms with Gasteiger partial charge in [-0.05, 0) is 71.0 Å². The number of thiazole rings is 1. The fraction of sp³-hybridized carbons (Fsp3) is 0.120. The number of rotatable bonds is 7. The van der Waals surface area contributed by atoms with Crippen LogP contribution < -0.4 is 19.6 Å². The quantitative estimate of drug-likeness (QED) is 0.149. The monoisotopic (exact) mass is 599 g/mol. The molecule has 2 aromatic heterocycles. The van der Waals surface area contributed by atoms with E-state index in [4.69, 9.17) is 9.47 Å². The molecule has 5 rings (SSSR count). The number of hydrogen-bond acceptors (Lipinski definition) is 7. The largest absolute Gasteiger partial charge is 0.490 e. The van der Waals surface area contributed by atoms with Crippen LogP contribution in [0.5, 0.6) is 11.5 Å². The fourth-order valence-corrected chi connectivity index (χ4v) is 5.52. The first kappa shape index (κ1) is 23.2. The lowest BCUT2D eigenvalue weighted by atomic mass is 10.2. The Labute approximate surface area is 216 Å². The van der Waals surface area contributed by atoms with Crippen molar-refractivity contribution in [2.24, 2.45) is 0 Å². The van der Waals surface area contributed by atoms with Crippen LogP contribution in [0.25, 0.3) is 22.1 Å².